The van der Waals surface area contributed by atoms with E-state index in [2.05, 4.69) is 5.32 Å². The summed E-state index contributed by atoms with van der Waals surface area (Å²) in [5, 5.41) is 3.98. The van der Waals surface area contributed by atoms with E-state index in [9.17, 15) is 4.79 Å². The molecule has 1 aromatic rings. The largest absolute Gasteiger partial charge is 0.487 e. The van der Waals surface area contributed by atoms with Gasteiger partial charge in [-0.1, -0.05) is 0 Å². The molecule has 0 aliphatic carbocycles. The zero-order chi connectivity index (χ0) is 11.3. The minimum atomic E-state index is 0.0820. The van der Waals surface area contributed by atoms with Crippen LogP contribution in [0.1, 0.15) is 4.88 Å². The Labute approximate surface area is 93.8 Å². The van der Waals surface area contributed by atoms with Gasteiger partial charge in [-0.3, -0.25) is 4.79 Å². The topological polar surface area (TPSA) is 41.6 Å². The number of hydrogen-bond donors (Lipinski definition) is 1. The summed E-state index contributed by atoms with van der Waals surface area (Å²) in [5.74, 6) is 0.0820. The summed E-state index contributed by atoms with van der Waals surface area (Å²) in [6.45, 7) is 1.07. The lowest BCUT2D eigenvalue weighted by molar-refractivity contribution is -0.127. The minimum Gasteiger partial charge on any atom is -0.487 e. The average molecular weight is 228 g/mol. The van der Waals surface area contributed by atoms with Crippen molar-refractivity contribution in [3.63, 3.8) is 0 Å². The summed E-state index contributed by atoms with van der Waals surface area (Å²) in [6, 6.07) is 3.92. The highest BCUT2D eigenvalue weighted by Gasteiger charge is 2.04. The number of likely N-dealkylation sites (N-methyl/N-ethyl adjacent to an activating group) is 1. The van der Waals surface area contributed by atoms with E-state index in [0.717, 1.165) is 5.06 Å². The van der Waals surface area contributed by atoms with E-state index in [1.54, 1.807) is 37.4 Å². The van der Waals surface area contributed by atoms with E-state index >= 15 is 0 Å². The molecular weight excluding hydrogens is 212 g/mol. The second-order valence-electron chi connectivity index (χ2n) is 3.32. The van der Waals surface area contributed by atoms with Gasteiger partial charge in [0.25, 0.3) is 0 Å². The van der Waals surface area contributed by atoms with E-state index in [4.69, 9.17) is 4.74 Å². The predicted octanol–water partition coefficient (Wildman–Crippen LogP) is 0.935. The fourth-order valence-electron chi connectivity index (χ4n) is 1.01. The number of rotatable bonds is 5. The van der Waals surface area contributed by atoms with Crippen LogP contribution in [0.4, 0.5) is 0 Å². The summed E-state index contributed by atoms with van der Waals surface area (Å²) in [5.41, 5.74) is 0. The van der Waals surface area contributed by atoms with Crippen LogP contribution in [0.15, 0.2) is 12.1 Å². The van der Waals surface area contributed by atoms with Crippen molar-refractivity contribution in [2.75, 3.05) is 27.7 Å². The maximum Gasteiger partial charge on any atom is 0.236 e. The van der Waals surface area contributed by atoms with Crippen molar-refractivity contribution in [2.24, 2.45) is 0 Å². The van der Waals surface area contributed by atoms with Crippen LogP contribution in [0.2, 0.25) is 0 Å². The lowest BCUT2D eigenvalue weighted by atomic mass is 10.4. The molecule has 1 heterocycles. The Morgan fingerprint density at radius 1 is 1.53 bits per heavy atom. The average Bonchev–Trinajstić information content (AvgIpc) is 2.65. The normalized spacial score (nSPS) is 10.1. The Hall–Kier alpha value is -1.07. The third kappa shape index (κ3) is 3.89. The van der Waals surface area contributed by atoms with Gasteiger partial charge >= 0.3 is 0 Å². The van der Waals surface area contributed by atoms with Crippen molar-refractivity contribution in [1.29, 1.82) is 0 Å². The molecule has 1 N–H and O–H groups in total. The molecule has 0 saturated carbocycles. The summed E-state index contributed by atoms with van der Waals surface area (Å²) in [6.07, 6.45) is 0. The first-order valence-corrected chi connectivity index (χ1v) is 5.48. The van der Waals surface area contributed by atoms with Gasteiger partial charge in [0.15, 0.2) is 5.06 Å². The summed E-state index contributed by atoms with van der Waals surface area (Å²) < 4.78 is 5.08. The Bertz CT molecular complexity index is 323. The Morgan fingerprint density at radius 3 is 2.80 bits per heavy atom. The SMILES string of the molecule is COc1ccc(CNCC(=O)N(C)C)s1. The van der Waals surface area contributed by atoms with Crippen molar-refractivity contribution in [1.82, 2.24) is 10.2 Å². The lowest BCUT2D eigenvalue weighted by Crippen LogP contribution is -2.32. The summed E-state index contributed by atoms with van der Waals surface area (Å²) in [7, 11) is 5.15. The fraction of sp³-hybridized carbons (Fsp3) is 0.500. The molecule has 0 bridgehead atoms. The van der Waals surface area contributed by atoms with Crippen LogP contribution in [0.5, 0.6) is 5.06 Å². The van der Waals surface area contributed by atoms with Gasteiger partial charge in [0.2, 0.25) is 5.91 Å². The maximum atomic E-state index is 11.2. The number of methoxy groups -OCH3 is 1. The number of hydrogen-bond acceptors (Lipinski definition) is 4. The van der Waals surface area contributed by atoms with E-state index < -0.39 is 0 Å². The molecule has 0 aliphatic heterocycles. The molecule has 84 valence electrons. The third-order valence-electron chi connectivity index (χ3n) is 1.91. The zero-order valence-corrected chi connectivity index (χ0v) is 10.1. The van der Waals surface area contributed by atoms with Crippen LogP contribution in [-0.2, 0) is 11.3 Å². The van der Waals surface area contributed by atoms with Crippen molar-refractivity contribution in [3.8, 4) is 5.06 Å². The molecule has 0 unspecified atom stereocenters. The lowest BCUT2D eigenvalue weighted by Gasteiger charge is -2.10. The van der Waals surface area contributed by atoms with Gasteiger partial charge in [-0.2, -0.15) is 0 Å². The van der Waals surface area contributed by atoms with Crippen LogP contribution in [0.3, 0.4) is 0 Å². The van der Waals surface area contributed by atoms with Gasteiger partial charge in [-0.15, -0.1) is 11.3 Å². The molecule has 5 heteroatoms. The molecule has 1 rings (SSSR count). The van der Waals surface area contributed by atoms with Crippen LogP contribution >= 0.6 is 11.3 Å². The molecule has 1 amide bonds. The van der Waals surface area contributed by atoms with E-state index in [1.165, 1.54) is 4.88 Å². The van der Waals surface area contributed by atoms with Crippen molar-refractivity contribution in [3.05, 3.63) is 17.0 Å². The Kier molecular flexibility index (Phi) is 4.58. The first-order chi connectivity index (χ1) is 7.13. The maximum absolute atomic E-state index is 11.2. The summed E-state index contributed by atoms with van der Waals surface area (Å²) >= 11 is 1.58. The summed E-state index contributed by atoms with van der Waals surface area (Å²) in [4.78, 5) is 14.0. The standard InChI is InChI=1S/C10H16N2O2S/c1-12(2)9(13)7-11-6-8-4-5-10(14-3)15-8/h4-5,11H,6-7H2,1-3H3. The Balaban J connectivity index is 2.28. The van der Waals surface area contributed by atoms with Gasteiger partial charge in [-0.05, 0) is 12.1 Å². The minimum absolute atomic E-state index is 0.0820. The molecule has 0 spiro atoms. The van der Waals surface area contributed by atoms with Gasteiger partial charge in [0, 0.05) is 25.5 Å². The van der Waals surface area contributed by atoms with Crippen LogP contribution in [0.25, 0.3) is 0 Å². The zero-order valence-electron chi connectivity index (χ0n) is 9.24. The quantitative estimate of drug-likeness (QED) is 0.815. The van der Waals surface area contributed by atoms with Gasteiger partial charge in [0.05, 0.1) is 13.7 Å². The van der Waals surface area contributed by atoms with Crippen LogP contribution in [-0.4, -0.2) is 38.6 Å². The second-order valence-corrected chi connectivity index (χ2v) is 4.45. The van der Waals surface area contributed by atoms with E-state index in [-0.39, 0.29) is 5.91 Å². The molecule has 0 radical (unpaired) electrons. The van der Waals surface area contributed by atoms with Gasteiger partial charge in [0.1, 0.15) is 0 Å². The fourth-order valence-corrected chi connectivity index (χ4v) is 1.80. The highest BCUT2D eigenvalue weighted by molar-refractivity contribution is 7.13. The highest BCUT2D eigenvalue weighted by atomic mass is 32.1. The number of nitrogens with zero attached hydrogens (tertiary/aromatic N) is 1. The van der Waals surface area contributed by atoms with Crippen molar-refractivity contribution < 1.29 is 9.53 Å². The third-order valence-corrected chi connectivity index (χ3v) is 2.96. The number of carbonyl (C=O) groups is 1. The number of amides is 1. The molecule has 4 nitrogen and oxygen atoms in total. The van der Waals surface area contributed by atoms with Gasteiger partial charge in [-0.25, -0.2) is 0 Å². The van der Waals surface area contributed by atoms with Crippen LogP contribution < -0.4 is 10.1 Å². The first kappa shape index (κ1) is 12.0. The molecule has 1 aromatic heterocycles. The molecule has 0 saturated heterocycles. The molecule has 0 aliphatic rings. The number of ether oxygens (including phenoxy) is 1. The molecular formula is C10H16N2O2S. The van der Waals surface area contributed by atoms with Crippen molar-refractivity contribution in [2.45, 2.75) is 6.54 Å². The number of carbonyl (C=O) groups excluding carboxylic acids is 1. The van der Waals surface area contributed by atoms with Crippen LogP contribution in [0, 0.1) is 0 Å². The predicted molar refractivity (Wildman–Crippen MR) is 61.3 cm³/mol. The molecule has 0 fully saturated rings. The highest BCUT2D eigenvalue weighted by Crippen LogP contribution is 2.23. The Morgan fingerprint density at radius 2 is 2.27 bits per heavy atom. The molecule has 15 heavy (non-hydrogen) atoms. The van der Waals surface area contributed by atoms with Gasteiger partial charge < -0.3 is 15.0 Å². The smallest absolute Gasteiger partial charge is 0.236 e. The number of nitrogens with one attached hydrogen (secondary N) is 1. The van der Waals surface area contributed by atoms with Crippen molar-refractivity contribution >= 4 is 17.2 Å². The second kappa shape index (κ2) is 5.72. The van der Waals surface area contributed by atoms with E-state index in [1.807, 2.05) is 12.1 Å². The molecule has 0 aromatic carbocycles. The molecule has 0 atom stereocenters. The monoisotopic (exact) mass is 228 g/mol. The first-order valence-electron chi connectivity index (χ1n) is 4.67. The number of thiophene rings is 1. The van der Waals surface area contributed by atoms with E-state index in [0.29, 0.717) is 13.1 Å².